The van der Waals surface area contributed by atoms with Gasteiger partial charge in [-0.15, -0.1) is 0 Å². The Morgan fingerprint density at radius 2 is 1.83 bits per heavy atom. The van der Waals surface area contributed by atoms with Crippen LogP contribution in [0.1, 0.15) is 23.1 Å². The van der Waals surface area contributed by atoms with Crippen molar-refractivity contribution in [2.45, 2.75) is 13.5 Å². The molecule has 1 aromatic heterocycles. The lowest BCUT2D eigenvalue weighted by Gasteiger charge is -2.14. The van der Waals surface area contributed by atoms with Crippen molar-refractivity contribution in [3.8, 4) is 17.2 Å². The number of aliphatic carboxylic acids is 1. The Hall–Kier alpha value is -4.07. The third-order valence-corrected chi connectivity index (χ3v) is 4.08. The Kier molecular flexibility index (Phi) is 6.17. The van der Waals surface area contributed by atoms with Crippen LogP contribution in [-0.2, 0) is 16.1 Å². The Labute approximate surface area is 172 Å². The van der Waals surface area contributed by atoms with Crippen LogP contribution >= 0.6 is 0 Å². The van der Waals surface area contributed by atoms with Gasteiger partial charge in [-0.1, -0.05) is 24.8 Å². The summed E-state index contributed by atoms with van der Waals surface area (Å²) in [6.07, 6.45) is 0. The Morgan fingerprint density at radius 3 is 2.50 bits per heavy atom. The molecule has 0 bridgehead atoms. The molecule has 0 radical (unpaired) electrons. The second kappa shape index (κ2) is 8.95. The molecule has 0 atom stereocenters. The van der Waals surface area contributed by atoms with Gasteiger partial charge in [-0.2, -0.15) is 0 Å². The molecule has 0 saturated heterocycles. The minimum Gasteiger partial charge on any atom is -0.505 e. The molecule has 2 aromatic carbocycles. The van der Waals surface area contributed by atoms with Crippen LogP contribution in [-0.4, -0.2) is 33.6 Å². The zero-order chi connectivity index (χ0) is 21.7. The lowest BCUT2D eigenvalue weighted by Crippen LogP contribution is -2.30. The number of ether oxygens (including phenoxy) is 2. The first-order valence-electron chi connectivity index (χ1n) is 9.02. The van der Waals surface area contributed by atoms with Crippen molar-refractivity contribution in [2.75, 3.05) is 6.54 Å². The summed E-state index contributed by atoms with van der Waals surface area (Å²) >= 11 is 0. The summed E-state index contributed by atoms with van der Waals surface area (Å²) in [4.78, 5) is 27.3. The number of para-hydroxylation sites is 1. The van der Waals surface area contributed by atoms with E-state index >= 15 is 0 Å². The van der Waals surface area contributed by atoms with Gasteiger partial charge in [0.05, 0.1) is 11.5 Å². The molecule has 8 heteroatoms. The number of hydrogen-bond acceptors (Lipinski definition) is 6. The molecule has 1 heterocycles. The summed E-state index contributed by atoms with van der Waals surface area (Å²) in [5.74, 6) is -0.784. The first kappa shape index (κ1) is 20.7. The van der Waals surface area contributed by atoms with Crippen molar-refractivity contribution in [2.24, 2.45) is 0 Å². The van der Waals surface area contributed by atoms with Crippen LogP contribution in [0.2, 0.25) is 0 Å². The average molecular weight is 408 g/mol. The van der Waals surface area contributed by atoms with Gasteiger partial charge in [-0.3, -0.25) is 9.59 Å². The summed E-state index contributed by atoms with van der Waals surface area (Å²) in [7, 11) is 0. The Morgan fingerprint density at radius 1 is 1.10 bits per heavy atom. The number of aromatic hydroxyl groups is 1. The van der Waals surface area contributed by atoms with Crippen molar-refractivity contribution >= 4 is 22.6 Å². The number of nitrogens with zero attached hydrogens (tertiary/aromatic N) is 1. The van der Waals surface area contributed by atoms with Crippen LogP contribution in [0.3, 0.4) is 0 Å². The van der Waals surface area contributed by atoms with Crippen molar-refractivity contribution in [3.63, 3.8) is 0 Å². The molecule has 154 valence electrons. The van der Waals surface area contributed by atoms with Crippen LogP contribution in [0.4, 0.5) is 0 Å². The number of carboxylic acid groups (broad SMARTS) is 1. The number of pyridine rings is 1. The standard InChI is InChI=1S/C22H20N2O6/c1-13(2)29-12-18-17-10-15(30-14-6-4-3-5-7-14)8-9-16(17)21(27)20(24-18)22(28)23-11-19(25)26/h3-10,27H,1,11-12H2,2H3,(H,23,28)(H,25,26). The highest BCUT2D eigenvalue weighted by Gasteiger charge is 2.20. The maximum Gasteiger partial charge on any atom is 0.322 e. The highest BCUT2D eigenvalue weighted by molar-refractivity contribution is 6.03. The Bertz CT molecular complexity index is 1110. The highest BCUT2D eigenvalue weighted by atomic mass is 16.5. The maximum absolute atomic E-state index is 12.3. The molecule has 1 amide bonds. The number of nitrogens with one attached hydrogen (secondary N) is 1. The predicted molar refractivity (Wildman–Crippen MR) is 109 cm³/mol. The fraction of sp³-hybridized carbons (Fsp3) is 0.136. The number of rotatable bonds is 8. The number of aromatic nitrogens is 1. The molecule has 0 aliphatic carbocycles. The van der Waals surface area contributed by atoms with Gasteiger partial charge in [0.15, 0.2) is 11.4 Å². The summed E-state index contributed by atoms with van der Waals surface area (Å²) in [6, 6.07) is 14.1. The molecule has 0 saturated carbocycles. The highest BCUT2D eigenvalue weighted by Crippen LogP contribution is 2.34. The van der Waals surface area contributed by atoms with E-state index in [1.165, 1.54) is 0 Å². The minimum atomic E-state index is -1.21. The predicted octanol–water partition coefficient (Wildman–Crippen LogP) is 3.60. The molecule has 3 N–H and O–H groups in total. The number of hydrogen-bond donors (Lipinski definition) is 3. The number of carbonyl (C=O) groups is 2. The van der Waals surface area contributed by atoms with E-state index in [2.05, 4.69) is 16.9 Å². The lowest BCUT2D eigenvalue weighted by molar-refractivity contribution is -0.135. The molecule has 0 fully saturated rings. The van der Waals surface area contributed by atoms with Crippen LogP contribution < -0.4 is 10.1 Å². The van der Waals surface area contributed by atoms with E-state index in [1.807, 2.05) is 18.2 Å². The first-order chi connectivity index (χ1) is 14.3. The van der Waals surface area contributed by atoms with E-state index in [0.29, 0.717) is 33.7 Å². The van der Waals surface area contributed by atoms with E-state index in [9.17, 15) is 14.7 Å². The van der Waals surface area contributed by atoms with Crippen molar-refractivity contribution in [3.05, 3.63) is 72.3 Å². The van der Waals surface area contributed by atoms with Gasteiger partial charge in [-0.25, -0.2) is 4.98 Å². The van der Waals surface area contributed by atoms with Gasteiger partial charge in [0.25, 0.3) is 5.91 Å². The summed E-state index contributed by atoms with van der Waals surface area (Å²) in [6.45, 7) is 4.75. The van der Waals surface area contributed by atoms with Gasteiger partial charge in [0, 0.05) is 10.8 Å². The van der Waals surface area contributed by atoms with Crippen LogP contribution in [0.25, 0.3) is 10.8 Å². The molecule has 3 aromatic rings. The van der Waals surface area contributed by atoms with Crippen molar-refractivity contribution < 1.29 is 29.3 Å². The van der Waals surface area contributed by atoms with E-state index in [-0.39, 0.29) is 18.1 Å². The molecule has 0 aliphatic rings. The van der Waals surface area contributed by atoms with Gasteiger partial charge in [-0.05, 0) is 37.3 Å². The minimum absolute atomic E-state index is 0.000113. The zero-order valence-corrected chi connectivity index (χ0v) is 16.2. The Balaban J connectivity index is 2.05. The zero-order valence-electron chi connectivity index (χ0n) is 16.2. The van der Waals surface area contributed by atoms with Gasteiger partial charge in [0.2, 0.25) is 0 Å². The van der Waals surface area contributed by atoms with E-state index in [1.54, 1.807) is 37.3 Å². The third kappa shape index (κ3) is 4.85. The molecule has 0 aliphatic heterocycles. The fourth-order valence-electron chi connectivity index (χ4n) is 2.73. The fourth-order valence-corrected chi connectivity index (χ4v) is 2.73. The van der Waals surface area contributed by atoms with Gasteiger partial charge in [0.1, 0.15) is 24.7 Å². The first-order valence-corrected chi connectivity index (χ1v) is 9.02. The topological polar surface area (TPSA) is 118 Å². The molecular weight excluding hydrogens is 388 g/mol. The number of carbonyl (C=O) groups excluding carboxylic acids is 1. The monoisotopic (exact) mass is 408 g/mol. The lowest BCUT2D eigenvalue weighted by atomic mass is 10.1. The molecule has 30 heavy (non-hydrogen) atoms. The van der Waals surface area contributed by atoms with Gasteiger partial charge >= 0.3 is 5.97 Å². The second-order valence-corrected chi connectivity index (χ2v) is 6.45. The van der Waals surface area contributed by atoms with Crippen LogP contribution in [0.15, 0.2) is 60.9 Å². The quantitative estimate of drug-likeness (QED) is 0.487. The SMILES string of the molecule is C=C(C)OCc1nc(C(=O)NCC(=O)O)c(O)c2ccc(Oc3ccccc3)cc12. The number of carboxylic acids is 1. The number of benzene rings is 2. The van der Waals surface area contributed by atoms with Gasteiger partial charge < -0.3 is 25.0 Å². The van der Waals surface area contributed by atoms with E-state index in [4.69, 9.17) is 14.6 Å². The second-order valence-electron chi connectivity index (χ2n) is 6.45. The third-order valence-electron chi connectivity index (χ3n) is 4.08. The number of amides is 1. The molecular formula is C22H20N2O6. The van der Waals surface area contributed by atoms with E-state index < -0.39 is 18.4 Å². The van der Waals surface area contributed by atoms with Crippen molar-refractivity contribution in [1.29, 1.82) is 0 Å². The van der Waals surface area contributed by atoms with Crippen molar-refractivity contribution in [1.82, 2.24) is 10.3 Å². The summed E-state index contributed by atoms with van der Waals surface area (Å²) < 4.78 is 11.3. The molecule has 0 unspecified atom stereocenters. The number of allylic oxidation sites excluding steroid dienone is 1. The molecule has 3 rings (SSSR count). The number of fused-ring (bicyclic) bond motifs is 1. The van der Waals surface area contributed by atoms with Crippen LogP contribution in [0.5, 0.6) is 17.2 Å². The smallest absolute Gasteiger partial charge is 0.322 e. The largest absolute Gasteiger partial charge is 0.505 e. The molecule has 0 spiro atoms. The normalized spacial score (nSPS) is 10.4. The summed E-state index contributed by atoms with van der Waals surface area (Å²) in [5.41, 5.74) is 0.0746. The summed E-state index contributed by atoms with van der Waals surface area (Å²) in [5, 5.41) is 22.4. The molecule has 8 nitrogen and oxygen atoms in total. The van der Waals surface area contributed by atoms with Crippen LogP contribution in [0, 0.1) is 0 Å². The average Bonchev–Trinajstić information content (AvgIpc) is 2.72. The maximum atomic E-state index is 12.3. The van der Waals surface area contributed by atoms with E-state index in [0.717, 1.165) is 0 Å².